The zero-order valence-corrected chi connectivity index (χ0v) is 16.2. The van der Waals surface area contributed by atoms with E-state index in [0.29, 0.717) is 19.0 Å². The van der Waals surface area contributed by atoms with Gasteiger partial charge in [0, 0.05) is 31.0 Å². The summed E-state index contributed by atoms with van der Waals surface area (Å²) >= 11 is 0. The third kappa shape index (κ3) is 5.37. The molecule has 0 radical (unpaired) electrons. The van der Waals surface area contributed by atoms with Gasteiger partial charge in [-0.25, -0.2) is 13.2 Å². The van der Waals surface area contributed by atoms with Crippen molar-refractivity contribution in [3.05, 3.63) is 24.3 Å². The van der Waals surface area contributed by atoms with Crippen molar-refractivity contribution in [2.75, 3.05) is 41.4 Å². The first-order valence-electron chi connectivity index (χ1n) is 9.51. The van der Waals surface area contributed by atoms with Gasteiger partial charge in [0.15, 0.2) is 9.84 Å². The highest BCUT2D eigenvalue weighted by Gasteiger charge is 2.22. The van der Waals surface area contributed by atoms with Crippen molar-refractivity contribution < 1.29 is 13.2 Å². The van der Waals surface area contributed by atoms with Gasteiger partial charge in [0.25, 0.3) is 0 Å². The van der Waals surface area contributed by atoms with Crippen LogP contribution in [0.3, 0.4) is 0 Å². The van der Waals surface area contributed by atoms with Crippen molar-refractivity contribution >= 4 is 27.2 Å². The molecular weight excluding hydrogens is 350 g/mol. The van der Waals surface area contributed by atoms with Gasteiger partial charge >= 0.3 is 6.03 Å². The molecule has 2 amide bonds. The highest BCUT2D eigenvalue weighted by atomic mass is 32.2. The third-order valence-electron chi connectivity index (χ3n) is 5.41. The summed E-state index contributed by atoms with van der Waals surface area (Å²) < 4.78 is 23.1. The molecule has 7 heteroatoms. The summed E-state index contributed by atoms with van der Waals surface area (Å²) in [7, 11) is -2.90. The lowest BCUT2D eigenvalue weighted by atomic mass is 9.82. The molecular formula is C19H29N3O3S. The minimum absolute atomic E-state index is 0.179. The number of benzene rings is 1. The Bertz CT molecular complexity index is 721. The number of hydrogen-bond donors (Lipinski definition) is 2. The lowest BCUT2D eigenvalue weighted by Crippen LogP contribution is -2.40. The first-order valence-corrected chi connectivity index (χ1v) is 11.3. The van der Waals surface area contributed by atoms with Gasteiger partial charge < -0.3 is 15.5 Å². The fourth-order valence-corrected chi connectivity index (χ4v) is 5.11. The topological polar surface area (TPSA) is 78.5 Å². The lowest BCUT2D eigenvalue weighted by molar-refractivity contribution is 0.241. The van der Waals surface area contributed by atoms with Crippen LogP contribution in [0, 0.1) is 11.8 Å². The van der Waals surface area contributed by atoms with Gasteiger partial charge in [0.05, 0.1) is 11.5 Å². The molecule has 1 aromatic carbocycles. The molecule has 144 valence electrons. The van der Waals surface area contributed by atoms with E-state index in [1.807, 2.05) is 29.2 Å². The van der Waals surface area contributed by atoms with E-state index in [-0.39, 0.29) is 17.5 Å². The van der Waals surface area contributed by atoms with Crippen LogP contribution in [0.5, 0.6) is 0 Å². The van der Waals surface area contributed by atoms with E-state index < -0.39 is 9.84 Å². The Morgan fingerprint density at radius 1 is 1.23 bits per heavy atom. The van der Waals surface area contributed by atoms with Crippen LogP contribution >= 0.6 is 0 Å². The Morgan fingerprint density at radius 2 is 2.00 bits per heavy atom. The van der Waals surface area contributed by atoms with E-state index in [2.05, 4.69) is 17.6 Å². The van der Waals surface area contributed by atoms with Gasteiger partial charge in [-0.2, -0.15) is 0 Å². The summed E-state index contributed by atoms with van der Waals surface area (Å²) in [4.78, 5) is 14.2. The highest BCUT2D eigenvalue weighted by molar-refractivity contribution is 7.91. The molecule has 6 nitrogen and oxygen atoms in total. The maximum absolute atomic E-state index is 12.2. The van der Waals surface area contributed by atoms with E-state index in [9.17, 15) is 13.2 Å². The monoisotopic (exact) mass is 379 g/mol. The molecule has 0 aromatic heterocycles. The Balaban J connectivity index is 1.51. The van der Waals surface area contributed by atoms with E-state index in [0.717, 1.165) is 23.8 Å². The molecule has 2 unspecified atom stereocenters. The number of anilines is 2. The Kier molecular flexibility index (Phi) is 6.06. The van der Waals surface area contributed by atoms with Crippen LogP contribution in [0.25, 0.3) is 0 Å². The van der Waals surface area contributed by atoms with Gasteiger partial charge in [0.2, 0.25) is 0 Å². The van der Waals surface area contributed by atoms with E-state index in [1.54, 1.807) is 0 Å². The summed E-state index contributed by atoms with van der Waals surface area (Å²) in [5.74, 6) is 1.70. The number of carbonyl (C=O) groups is 1. The van der Waals surface area contributed by atoms with Gasteiger partial charge in [-0.1, -0.05) is 25.8 Å². The van der Waals surface area contributed by atoms with Crippen molar-refractivity contribution in [2.45, 2.75) is 32.6 Å². The summed E-state index contributed by atoms with van der Waals surface area (Å²) in [6.07, 6.45) is 4.93. The first-order chi connectivity index (χ1) is 12.4. The summed E-state index contributed by atoms with van der Waals surface area (Å²) in [5, 5.41) is 5.88. The molecule has 2 N–H and O–H groups in total. The lowest BCUT2D eigenvalue weighted by Gasteiger charge is -2.29. The Labute approximate surface area is 156 Å². The molecule has 3 rings (SSSR count). The zero-order valence-electron chi connectivity index (χ0n) is 15.4. The van der Waals surface area contributed by atoms with Crippen LogP contribution in [-0.4, -0.2) is 45.6 Å². The van der Waals surface area contributed by atoms with Crippen LogP contribution in [-0.2, 0) is 9.84 Å². The van der Waals surface area contributed by atoms with Crippen molar-refractivity contribution in [3.63, 3.8) is 0 Å². The number of carbonyl (C=O) groups excluding carboxylic acids is 1. The van der Waals surface area contributed by atoms with Crippen LogP contribution in [0.15, 0.2) is 24.3 Å². The van der Waals surface area contributed by atoms with Gasteiger partial charge in [0.1, 0.15) is 0 Å². The third-order valence-corrected chi connectivity index (χ3v) is 7.02. The summed E-state index contributed by atoms with van der Waals surface area (Å²) in [6.45, 7) is 4.00. The van der Waals surface area contributed by atoms with Gasteiger partial charge in [-0.15, -0.1) is 0 Å². The minimum Gasteiger partial charge on any atom is -0.369 e. The molecule has 26 heavy (non-hydrogen) atoms. The van der Waals surface area contributed by atoms with Crippen molar-refractivity contribution in [1.82, 2.24) is 5.32 Å². The van der Waals surface area contributed by atoms with Crippen LogP contribution in [0.4, 0.5) is 16.2 Å². The molecule has 0 bridgehead atoms. The molecule has 1 aromatic rings. The normalized spacial score (nSPS) is 25.5. The second kappa shape index (κ2) is 8.29. The number of amides is 2. The number of hydrogen-bond acceptors (Lipinski definition) is 4. The number of nitrogens with one attached hydrogen (secondary N) is 2. The average molecular weight is 380 g/mol. The van der Waals surface area contributed by atoms with Crippen molar-refractivity contribution in [2.24, 2.45) is 11.8 Å². The number of urea groups is 1. The minimum atomic E-state index is -2.90. The Hall–Kier alpha value is -1.76. The van der Waals surface area contributed by atoms with Gasteiger partial charge in [-0.3, -0.25) is 0 Å². The first kappa shape index (κ1) is 19.0. The molecule has 1 heterocycles. The standard InChI is InChI=1S/C19H29N3O3S/c1-15-4-2-5-16(12-15)14-20-19(23)21-17-6-3-7-18(13-17)22-8-10-26(24,25)11-9-22/h3,6-7,13,15-16H,2,4-5,8-12,14H2,1H3,(H2,20,21,23). The molecule has 2 fully saturated rings. The number of nitrogens with zero attached hydrogens (tertiary/aromatic N) is 1. The molecule has 1 aliphatic carbocycles. The highest BCUT2D eigenvalue weighted by Crippen LogP contribution is 2.28. The zero-order chi connectivity index (χ0) is 18.6. The largest absolute Gasteiger partial charge is 0.369 e. The molecule has 2 atom stereocenters. The van der Waals surface area contributed by atoms with Crippen LogP contribution in [0.1, 0.15) is 32.6 Å². The SMILES string of the molecule is CC1CCCC(CNC(=O)Nc2cccc(N3CCS(=O)(=O)CC3)c2)C1. The second-order valence-corrected chi connectivity index (χ2v) is 9.97. The molecule has 1 saturated carbocycles. The molecule has 1 aliphatic heterocycles. The molecule has 1 saturated heterocycles. The smallest absolute Gasteiger partial charge is 0.319 e. The quantitative estimate of drug-likeness (QED) is 0.843. The Morgan fingerprint density at radius 3 is 2.73 bits per heavy atom. The van der Waals surface area contributed by atoms with E-state index in [1.165, 1.54) is 25.7 Å². The van der Waals surface area contributed by atoms with E-state index >= 15 is 0 Å². The second-order valence-electron chi connectivity index (χ2n) is 7.66. The van der Waals surface area contributed by atoms with E-state index in [4.69, 9.17) is 0 Å². The average Bonchev–Trinajstić information content (AvgIpc) is 2.60. The maximum atomic E-state index is 12.2. The predicted molar refractivity (Wildman–Crippen MR) is 105 cm³/mol. The fourth-order valence-electron chi connectivity index (χ4n) is 3.91. The molecule has 0 spiro atoms. The predicted octanol–water partition coefficient (Wildman–Crippen LogP) is 2.87. The summed E-state index contributed by atoms with van der Waals surface area (Å²) in [5.41, 5.74) is 1.67. The number of rotatable bonds is 4. The van der Waals surface area contributed by atoms with Crippen LogP contribution in [0.2, 0.25) is 0 Å². The molecule has 2 aliphatic rings. The fraction of sp³-hybridized carbons (Fsp3) is 0.632. The maximum Gasteiger partial charge on any atom is 0.319 e. The van der Waals surface area contributed by atoms with Crippen molar-refractivity contribution in [1.29, 1.82) is 0 Å². The number of sulfone groups is 1. The van der Waals surface area contributed by atoms with Crippen LogP contribution < -0.4 is 15.5 Å². The van der Waals surface area contributed by atoms with Gasteiger partial charge in [-0.05, 0) is 42.9 Å². The van der Waals surface area contributed by atoms with Crippen molar-refractivity contribution in [3.8, 4) is 0 Å². The summed E-state index contributed by atoms with van der Waals surface area (Å²) in [6, 6.07) is 7.41.